The number of ether oxygens (including phenoxy) is 2. The molecule has 0 bridgehead atoms. The van der Waals surface area contributed by atoms with E-state index in [0.29, 0.717) is 16.3 Å². The Morgan fingerprint density at radius 3 is 2.54 bits per heavy atom. The summed E-state index contributed by atoms with van der Waals surface area (Å²) in [5.74, 6) is -0.880. The van der Waals surface area contributed by atoms with Gasteiger partial charge in [-0.1, -0.05) is 35.3 Å². The Labute approximate surface area is 171 Å². The number of anilines is 1. The summed E-state index contributed by atoms with van der Waals surface area (Å²) >= 11 is 11.7. The molecule has 2 aromatic rings. The number of benzene rings is 1. The number of pyridine rings is 1. The molecule has 0 aliphatic carbocycles. The van der Waals surface area contributed by atoms with Crippen LogP contribution in [0.25, 0.3) is 6.08 Å². The van der Waals surface area contributed by atoms with Crippen LogP contribution in [0, 0.1) is 11.3 Å². The average molecular weight is 420 g/mol. The maximum atomic E-state index is 12.2. The number of methoxy groups -OCH3 is 1. The molecular weight excluding hydrogens is 405 g/mol. The van der Waals surface area contributed by atoms with Gasteiger partial charge >= 0.3 is 5.97 Å². The van der Waals surface area contributed by atoms with E-state index in [2.05, 4.69) is 10.3 Å². The first-order chi connectivity index (χ1) is 13.3. The van der Waals surface area contributed by atoms with Gasteiger partial charge in [0.15, 0.2) is 11.9 Å². The SMILES string of the molecule is COc1ccc(/C=C(/C#N)C(=O)OC(C)C(=O)Nc2ncc(Cl)cc2Cl)cc1. The molecule has 1 heterocycles. The fraction of sp³-hybridized carbons (Fsp3) is 0.158. The van der Waals surface area contributed by atoms with Gasteiger partial charge in [-0.05, 0) is 36.8 Å². The fourth-order valence-corrected chi connectivity index (χ4v) is 2.43. The van der Waals surface area contributed by atoms with E-state index in [-0.39, 0.29) is 16.4 Å². The summed E-state index contributed by atoms with van der Waals surface area (Å²) in [6, 6.07) is 9.89. The molecule has 9 heteroatoms. The van der Waals surface area contributed by atoms with Gasteiger partial charge in [-0.3, -0.25) is 4.79 Å². The van der Waals surface area contributed by atoms with Gasteiger partial charge in [-0.2, -0.15) is 5.26 Å². The highest BCUT2D eigenvalue weighted by molar-refractivity contribution is 6.36. The number of hydrogen-bond donors (Lipinski definition) is 1. The van der Waals surface area contributed by atoms with Crippen LogP contribution >= 0.6 is 23.2 Å². The maximum Gasteiger partial charge on any atom is 0.349 e. The van der Waals surface area contributed by atoms with E-state index < -0.39 is 18.0 Å². The molecule has 1 aromatic heterocycles. The summed E-state index contributed by atoms with van der Waals surface area (Å²) in [6.45, 7) is 1.36. The lowest BCUT2D eigenvalue weighted by molar-refractivity contribution is -0.148. The topological polar surface area (TPSA) is 101 Å². The molecule has 1 unspecified atom stereocenters. The molecule has 2 rings (SSSR count). The number of rotatable bonds is 6. The van der Waals surface area contributed by atoms with Crippen LogP contribution in [0.15, 0.2) is 42.1 Å². The Morgan fingerprint density at radius 2 is 1.96 bits per heavy atom. The lowest BCUT2D eigenvalue weighted by Crippen LogP contribution is -2.30. The van der Waals surface area contributed by atoms with Gasteiger partial charge in [0.25, 0.3) is 5.91 Å². The fourth-order valence-electron chi connectivity index (χ4n) is 2.01. The predicted octanol–water partition coefficient (Wildman–Crippen LogP) is 3.87. The molecule has 28 heavy (non-hydrogen) atoms. The molecule has 0 saturated heterocycles. The first-order valence-corrected chi connectivity index (χ1v) is 8.68. The van der Waals surface area contributed by atoms with Crippen molar-refractivity contribution in [1.29, 1.82) is 5.26 Å². The number of carbonyl (C=O) groups is 2. The van der Waals surface area contributed by atoms with Crippen LogP contribution in [0.4, 0.5) is 5.82 Å². The van der Waals surface area contributed by atoms with Crippen molar-refractivity contribution in [2.75, 3.05) is 12.4 Å². The standard InChI is InChI=1S/C19H15Cl2N3O4/c1-11(18(25)24-17-16(21)8-14(20)10-23-17)28-19(26)13(9-22)7-12-3-5-15(27-2)6-4-12/h3-8,10-11H,1-2H3,(H,23,24,25)/b13-7-. The van der Waals surface area contributed by atoms with Gasteiger partial charge in [0, 0.05) is 6.20 Å². The molecule has 1 aromatic carbocycles. The van der Waals surface area contributed by atoms with Gasteiger partial charge in [-0.25, -0.2) is 9.78 Å². The number of esters is 1. The summed E-state index contributed by atoms with van der Waals surface area (Å²) in [6.07, 6.45) is 1.48. The number of nitrogens with zero attached hydrogens (tertiary/aromatic N) is 2. The molecule has 0 spiro atoms. The van der Waals surface area contributed by atoms with Crippen molar-refractivity contribution in [3.8, 4) is 11.8 Å². The van der Waals surface area contributed by atoms with Crippen molar-refractivity contribution in [1.82, 2.24) is 4.98 Å². The zero-order chi connectivity index (χ0) is 20.7. The highest BCUT2D eigenvalue weighted by Gasteiger charge is 2.21. The van der Waals surface area contributed by atoms with E-state index in [1.807, 2.05) is 0 Å². The molecule has 144 valence electrons. The number of amides is 1. The molecule has 1 amide bonds. The predicted molar refractivity (Wildman–Crippen MR) is 105 cm³/mol. The minimum Gasteiger partial charge on any atom is -0.497 e. The Hall–Kier alpha value is -3.08. The van der Waals surface area contributed by atoms with E-state index in [1.165, 1.54) is 32.4 Å². The van der Waals surface area contributed by atoms with Crippen molar-refractivity contribution in [3.05, 3.63) is 57.7 Å². The maximum absolute atomic E-state index is 12.2. The van der Waals surface area contributed by atoms with Gasteiger partial charge in [0.05, 0.1) is 17.2 Å². The van der Waals surface area contributed by atoms with Crippen molar-refractivity contribution >= 4 is 47.0 Å². The minimum absolute atomic E-state index is 0.0771. The van der Waals surface area contributed by atoms with Crippen molar-refractivity contribution in [3.63, 3.8) is 0 Å². The van der Waals surface area contributed by atoms with Crippen LogP contribution in [0.2, 0.25) is 10.0 Å². The monoisotopic (exact) mass is 419 g/mol. The van der Waals surface area contributed by atoms with Crippen molar-refractivity contribution in [2.45, 2.75) is 13.0 Å². The van der Waals surface area contributed by atoms with Crippen LogP contribution in [-0.4, -0.2) is 30.1 Å². The summed E-state index contributed by atoms with van der Waals surface area (Å²) in [5, 5.41) is 12.1. The van der Waals surface area contributed by atoms with E-state index in [9.17, 15) is 14.9 Å². The van der Waals surface area contributed by atoms with Gasteiger partial charge < -0.3 is 14.8 Å². The number of aromatic nitrogens is 1. The third-order valence-corrected chi connectivity index (χ3v) is 3.96. The molecular formula is C19H15Cl2N3O4. The zero-order valence-corrected chi connectivity index (χ0v) is 16.4. The second-order valence-electron chi connectivity index (χ2n) is 5.46. The summed E-state index contributed by atoms with van der Waals surface area (Å²) < 4.78 is 10.1. The molecule has 1 atom stereocenters. The quantitative estimate of drug-likeness (QED) is 0.433. The van der Waals surface area contributed by atoms with Gasteiger partial charge in [0.1, 0.15) is 17.4 Å². The number of nitriles is 1. The van der Waals surface area contributed by atoms with Crippen LogP contribution < -0.4 is 10.1 Å². The van der Waals surface area contributed by atoms with E-state index >= 15 is 0 Å². The number of carbonyl (C=O) groups excluding carboxylic acids is 2. The largest absolute Gasteiger partial charge is 0.497 e. The lowest BCUT2D eigenvalue weighted by atomic mass is 10.1. The van der Waals surface area contributed by atoms with E-state index in [1.54, 1.807) is 30.3 Å². The summed E-state index contributed by atoms with van der Waals surface area (Å²) in [7, 11) is 1.53. The van der Waals surface area contributed by atoms with Crippen LogP contribution in [0.5, 0.6) is 5.75 Å². The zero-order valence-electron chi connectivity index (χ0n) is 14.9. The molecule has 0 aliphatic rings. The summed E-state index contributed by atoms with van der Waals surface area (Å²) in [5.41, 5.74) is 0.344. The number of hydrogen-bond acceptors (Lipinski definition) is 6. The second-order valence-corrected chi connectivity index (χ2v) is 6.31. The summed E-state index contributed by atoms with van der Waals surface area (Å²) in [4.78, 5) is 28.3. The van der Waals surface area contributed by atoms with Crippen LogP contribution in [0.3, 0.4) is 0 Å². The highest BCUT2D eigenvalue weighted by atomic mass is 35.5. The Morgan fingerprint density at radius 1 is 1.29 bits per heavy atom. The lowest BCUT2D eigenvalue weighted by Gasteiger charge is -2.13. The number of nitrogens with one attached hydrogen (secondary N) is 1. The van der Waals surface area contributed by atoms with Crippen LogP contribution in [-0.2, 0) is 14.3 Å². The molecule has 0 radical (unpaired) electrons. The second kappa shape index (κ2) is 9.74. The van der Waals surface area contributed by atoms with Gasteiger partial charge in [-0.15, -0.1) is 0 Å². The molecule has 1 N–H and O–H groups in total. The normalized spacial score (nSPS) is 11.9. The molecule has 7 nitrogen and oxygen atoms in total. The van der Waals surface area contributed by atoms with Crippen LogP contribution in [0.1, 0.15) is 12.5 Å². The van der Waals surface area contributed by atoms with Crippen molar-refractivity contribution in [2.24, 2.45) is 0 Å². The Bertz CT molecular complexity index is 953. The van der Waals surface area contributed by atoms with E-state index in [4.69, 9.17) is 32.7 Å². The first kappa shape index (κ1) is 21.2. The highest BCUT2D eigenvalue weighted by Crippen LogP contribution is 2.22. The average Bonchev–Trinajstić information content (AvgIpc) is 2.68. The third kappa shape index (κ3) is 5.71. The van der Waals surface area contributed by atoms with Crippen molar-refractivity contribution < 1.29 is 19.1 Å². The first-order valence-electron chi connectivity index (χ1n) is 7.92. The molecule has 0 fully saturated rings. The Balaban J connectivity index is 2.05. The number of halogens is 2. The smallest absolute Gasteiger partial charge is 0.349 e. The molecule has 0 saturated carbocycles. The van der Waals surface area contributed by atoms with Gasteiger partial charge in [0.2, 0.25) is 0 Å². The molecule has 0 aliphatic heterocycles. The minimum atomic E-state index is -1.19. The third-order valence-electron chi connectivity index (χ3n) is 3.47. The van der Waals surface area contributed by atoms with E-state index in [0.717, 1.165) is 0 Å². The Kier molecular flexibility index (Phi) is 7.38.